The zero-order valence-corrected chi connectivity index (χ0v) is 45.9. The molecule has 7 rings (SSSR count). The topological polar surface area (TPSA) is 162 Å². The van der Waals surface area contributed by atoms with Gasteiger partial charge in [0.1, 0.15) is 29.4 Å². The number of ether oxygens (including phenoxy) is 7. The van der Waals surface area contributed by atoms with Gasteiger partial charge in [-0.2, -0.15) is 0 Å². The molecule has 3 unspecified atom stereocenters. The third-order valence-electron chi connectivity index (χ3n) is 10.5. The fourth-order valence-electron chi connectivity index (χ4n) is 6.82. The second-order valence-corrected chi connectivity index (χ2v) is 32.9. The summed E-state index contributed by atoms with van der Waals surface area (Å²) < 4.78 is 44.0. The fourth-order valence-corrected chi connectivity index (χ4v) is 13.0. The minimum atomic E-state index is -1.61. The number of esters is 3. The molecular weight excluding hydrogens is 1020 g/mol. The van der Waals surface area contributed by atoms with E-state index in [1.807, 2.05) is 86.7 Å². The molecule has 0 bridgehead atoms. The van der Waals surface area contributed by atoms with Crippen molar-refractivity contribution in [3.63, 3.8) is 0 Å². The van der Waals surface area contributed by atoms with Crippen LogP contribution < -0.4 is 13.7 Å². The summed E-state index contributed by atoms with van der Waals surface area (Å²) in [6.45, 7) is 20.3. The van der Waals surface area contributed by atoms with Gasteiger partial charge in [0.2, 0.25) is 8.32 Å². The van der Waals surface area contributed by atoms with Gasteiger partial charge in [-0.15, -0.1) is 0 Å². The zero-order valence-electron chi connectivity index (χ0n) is 40.5. The number of carbonyl (C=O) groups excluding carboxylic acids is 4. The Morgan fingerprint density at radius 2 is 1.52 bits per heavy atom. The van der Waals surface area contributed by atoms with E-state index in [2.05, 4.69) is 39.3 Å². The number of rotatable bonds is 14. The number of methoxy groups -OCH3 is 3. The minimum absolute atomic E-state index is 0.00439. The van der Waals surface area contributed by atoms with Crippen LogP contribution in [0.3, 0.4) is 0 Å². The van der Waals surface area contributed by atoms with E-state index < -0.39 is 20.7 Å². The van der Waals surface area contributed by atoms with Crippen molar-refractivity contribution in [1.29, 1.82) is 0 Å². The number of ketones is 1. The molecule has 4 aliphatic rings. The Labute approximate surface area is 409 Å². The van der Waals surface area contributed by atoms with E-state index >= 15 is 0 Å². The number of carbonyl (C=O) groups is 4. The summed E-state index contributed by atoms with van der Waals surface area (Å²) in [5.74, 6) is 1.29. The van der Waals surface area contributed by atoms with E-state index in [-0.39, 0.29) is 77.8 Å². The number of hydrogen-bond acceptors (Lipinski definition) is 13. The molecule has 0 amide bonds. The zero-order chi connectivity index (χ0) is 49.5. The molecule has 3 atom stereocenters. The van der Waals surface area contributed by atoms with Crippen LogP contribution in [0.25, 0.3) is 0 Å². The first-order valence-electron chi connectivity index (χ1n) is 21.8. The quantitative estimate of drug-likeness (QED) is 0.0422. The van der Waals surface area contributed by atoms with Gasteiger partial charge in [-0.05, 0) is 51.2 Å². The van der Waals surface area contributed by atoms with E-state index in [4.69, 9.17) is 37.6 Å². The van der Waals surface area contributed by atoms with E-state index in [1.165, 1.54) is 16.6 Å². The first-order chi connectivity index (χ1) is 31.7. The Hall–Kier alpha value is -5.03. The number of allylic oxidation sites excluding steroid dienone is 4. The van der Waals surface area contributed by atoms with Crippen molar-refractivity contribution >= 4 is 78.9 Å². The van der Waals surface area contributed by atoms with Gasteiger partial charge in [0.15, 0.2) is 0 Å². The molecule has 3 heterocycles. The molecule has 1 saturated heterocycles. The normalized spacial score (nSPS) is 19.8. The predicted octanol–water partition coefficient (Wildman–Crippen LogP) is 7.52. The molecule has 17 heteroatoms. The van der Waals surface area contributed by atoms with Crippen LogP contribution in [-0.4, -0.2) is 116 Å². The van der Waals surface area contributed by atoms with Gasteiger partial charge < -0.3 is 28.5 Å². The Balaban J connectivity index is 0.000000199. The standard InChI is InChI=1S/C16H16O4Se.C14H20O4Si.C10H20O3Si.C10H8O2Se/c1-10-12-9-20-15(18)16(12,14(17)8-13(10)19-2)21-11-6-4-3-5-7-11;1-9-10-8-18-14(16)13(10)12(7-11(9)15)17-5-6-19(2,3)4;1-7-9(11-2)8-10(12-3)13-14(4,5)6;11-10-9(6-7-12-10)13-8-4-2-1-3-5-8/h3-8,10,12H,9H2,1-2H3;7,15H,5-6,8H2,1-4H3;7-8H,1-6H3;1-6H,7H2/b;;9-7-,10-8+;. The summed E-state index contributed by atoms with van der Waals surface area (Å²) in [7, 11) is 1.98. The van der Waals surface area contributed by atoms with Gasteiger partial charge >= 0.3 is 218 Å². The summed E-state index contributed by atoms with van der Waals surface area (Å²) in [6, 6.07) is 22.2. The van der Waals surface area contributed by atoms with E-state index in [0.29, 0.717) is 48.4 Å². The van der Waals surface area contributed by atoms with Gasteiger partial charge in [-0.3, -0.25) is 0 Å². The van der Waals surface area contributed by atoms with Crippen LogP contribution >= 0.6 is 0 Å². The van der Waals surface area contributed by atoms with Crippen LogP contribution in [0.15, 0.2) is 113 Å². The van der Waals surface area contributed by atoms with Gasteiger partial charge in [0.25, 0.3) is 5.95 Å². The van der Waals surface area contributed by atoms with E-state index in [0.717, 1.165) is 26.3 Å². The molecule has 1 fully saturated rings. The Morgan fingerprint density at radius 1 is 0.881 bits per heavy atom. The molecule has 0 radical (unpaired) electrons. The molecule has 0 aromatic heterocycles. The third kappa shape index (κ3) is 15.2. The van der Waals surface area contributed by atoms with Crippen LogP contribution in [0.5, 0.6) is 11.5 Å². The molecule has 13 nitrogen and oxygen atoms in total. The number of phenolic OH excluding ortho intramolecular Hbond substituents is 1. The molecule has 0 spiro atoms. The van der Waals surface area contributed by atoms with Crippen molar-refractivity contribution in [1.82, 2.24) is 0 Å². The number of fused-ring (bicyclic) bond motifs is 2. The molecule has 3 aliphatic heterocycles. The monoisotopic (exact) mass is 1090 g/mol. The SMILES string of the molecule is C/C=C(/C=C(\OC)O[Si](C)(C)C)OC.COC1=CC(=O)C2([Se]c3ccccc3)C(=O)OCC2C1C.Cc1c(O)cc(OCC[Si](C)(C)C)c2c1COC2=O.O=C1OCC=C1[Se]c1ccccc1. The third-order valence-corrected chi connectivity index (χ3v) is 18.4. The van der Waals surface area contributed by atoms with Crippen molar-refractivity contribution in [2.24, 2.45) is 11.8 Å². The second-order valence-electron chi connectivity index (χ2n) is 17.7. The molecule has 0 saturated carbocycles. The molecule has 1 N–H and O–H groups in total. The molecule has 3 aromatic carbocycles. The number of hydrogen-bond donors (Lipinski definition) is 1. The Bertz CT molecular complexity index is 2330. The molecule has 1 aliphatic carbocycles. The van der Waals surface area contributed by atoms with Crippen LogP contribution in [0.1, 0.15) is 35.3 Å². The van der Waals surface area contributed by atoms with Crippen LogP contribution in [0, 0.1) is 18.8 Å². The first kappa shape index (κ1) is 54.6. The maximum atomic E-state index is 12.7. The van der Waals surface area contributed by atoms with Crippen LogP contribution in [0.2, 0.25) is 49.6 Å². The summed E-state index contributed by atoms with van der Waals surface area (Å²) in [5, 5.41) is 9.87. The molecule has 67 heavy (non-hydrogen) atoms. The summed E-state index contributed by atoms with van der Waals surface area (Å²) in [6.07, 6.45) is 6.96. The van der Waals surface area contributed by atoms with Crippen LogP contribution in [-0.2, 0) is 53.8 Å². The average Bonchev–Trinajstić information content (AvgIpc) is 3.99. The number of phenols is 1. The first-order valence-corrected chi connectivity index (χ1v) is 32.3. The maximum absolute atomic E-state index is 12.7. The number of benzene rings is 3. The van der Waals surface area contributed by atoms with Crippen molar-refractivity contribution in [2.45, 2.75) is 77.0 Å². The van der Waals surface area contributed by atoms with Gasteiger partial charge in [-0.25, -0.2) is 4.79 Å². The summed E-state index contributed by atoms with van der Waals surface area (Å²) >= 11 is -0.192. The Morgan fingerprint density at radius 3 is 2.06 bits per heavy atom. The van der Waals surface area contributed by atoms with Gasteiger partial charge in [0, 0.05) is 19.7 Å². The van der Waals surface area contributed by atoms with E-state index in [9.17, 15) is 24.3 Å². The molecular formula is C50H64O13Se2Si2. The second kappa shape index (κ2) is 24.8. The molecule has 362 valence electrons. The molecule has 3 aromatic rings. The number of aromatic hydroxyl groups is 1. The van der Waals surface area contributed by atoms with Crippen molar-refractivity contribution < 1.29 is 61.9 Å². The van der Waals surface area contributed by atoms with Gasteiger partial charge in [-0.1, -0.05) is 19.6 Å². The predicted molar refractivity (Wildman–Crippen MR) is 265 cm³/mol. The average molecular weight is 1090 g/mol. The summed E-state index contributed by atoms with van der Waals surface area (Å²) in [5.41, 5.74) is 1.91. The van der Waals surface area contributed by atoms with E-state index in [1.54, 1.807) is 34.3 Å². The fraction of sp³-hybridized carbons (Fsp3) is 0.400. The Kier molecular flexibility index (Phi) is 20.2. The van der Waals surface area contributed by atoms with Crippen molar-refractivity contribution in [2.75, 3.05) is 41.2 Å². The summed E-state index contributed by atoms with van der Waals surface area (Å²) in [4.78, 5) is 47.9. The van der Waals surface area contributed by atoms with Crippen LogP contribution in [0.4, 0.5) is 0 Å². The van der Waals surface area contributed by atoms with Crippen molar-refractivity contribution in [3.8, 4) is 11.5 Å². The van der Waals surface area contributed by atoms with Crippen molar-refractivity contribution in [3.05, 3.63) is 130 Å². The number of cyclic esters (lactones) is 3. The van der Waals surface area contributed by atoms with Gasteiger partial charge in [0.05, 0.1) is 26.9 Å².